The number of hydrogen-bond donors (Lipinski definition) is 0. The Kier molecular flexibility index (Phi) is 7.93. The molecule has 0 radical (unpaired) electrons. The van der Waals surface area contributed by atoms with E-state index in [4.69, 9.17) is 21.1 Å². The van der Waals surface area contributed by atoms with Crippen LogP contribution in [0.25, 0.3) is 6.08 Å². The van der Waals surface area contributed by atoms with Gasteiger partial charge in [0.25, 0.3) is 11.1 Å². The lowest BCUT2D eigenvalue weighted by Gasteiger charge is -2.13. The predicted molar refractivity (Wildman–Crippen MR) is 134 cm³/mol. The second-order valence-corrected chi connectivity index (χ2v) is 9.14. The highest BCUT2D eigenvalue weighted by Gasteiger charge is 2.35. The summed E-state index contributed by atoms with van der Waals surface area (Å²) in [5.41, 5.74) is -1.79. The Morgan fingerprint density at radius 3 is 2.42 bits per heavy atom. The second kappa shape index (κ2) is 11.2. The van der Waals surface area contributed by atoms with Gasteiger partial charge in [0.2, 0.25) is 5.75 Å². The van der Waals surface area contributed by atoms with E-state index in [0.29, 0.717) is 34.7 Å². The fraction of sp³-hybridized carbons (Fsp3) is 0.120. The molecule has 0 saturated carbocycles. The van der Waals surface area contributed by atoms with Crippen molar-refractivity contribution >= 4 is 46.3 Å². The molecular formula is C25H16ClF3N2O6S. The van der Waals surface area contributed by atoms with Crippen LogP contribution in [0.1, 0.15) is 11.1 Å². The zero-order valence-electron chi connectivity index (χ0n) is 19.1. The smallest absolute Gasteiger partial charge is 0.416 e. The number of para-hydroxylation sites is 1. The number of nitrogens with zero attached hydrogens (tertiary/aromatic N) is 2. The van der Waals surface area contributed by atoms with Gasteiger partial charge < -0.3 is 9.47 Å². The third-order valence-electron chi connectivity index (χ3n) is 5.18. The third-order valence-corrected chi connectivity index (χ3v) is 6.34. The predicted octanol–water partition coefficient (Wildman–Crippen LogP) is 7.17. The molecule has 1 heterocycles. The van der Waals surface area contributed by atoms with E-state index in [1.807, 2.05) is 0 Å². The SMILES string of the molecule is O=C1S/C(=C\c2ccccc2Oc2ccc(C(F)(F)F)cc2[N+](=O)[O-])C(=O)N1CCOc1ccc(Cl)cc1. The molecule has 196 valence electrons. The number of rotatable bonds is 8. The molecule has 1 aliphatic rings. The average Bonchev–Trinajstić information content (AvgIpc) is 3.13. The molecule has 0 spiro atoms. The molecule has 1 aliphatic heterocycles. The lowest BCUT2D eigenvalue weighted by atomic mass is 10.1. The van der Waals surface area contributed by atoms with Gasteiger partial charge in [0, 0.05) is 16.7 Å². The van der Waals surface area contributed by atoms with E-state index in [1.165, 1.54) is 18.2 Å². The number of thioether (sulfide) groups is 1. The Balaban J connectivity index is 1.52. The van der Waals surface area contributed by atoms with Crippen LogP contribution in [-0.2, 0) is 11.0 Å². The maximum Gasteiger partial charge on any atom is 0.416 e. The van der Waals surface area contributed by atoms with Crippen LogP contribution in [0.3, 0.4) is 0 Å². The topological polar surface area (TPSA) is 99.0 Å². The van der Waals surface area contributed by atoms with E-state index in [-0.39, 0.29) is 29.4 Å². The Bertz CT molecular complexity index is 1430. The van der Waals surface area contributed by atoms with Crippen molar-refractivity contribution in [2.24, 2.45) is 0 Å². The van der Waals surface area contributed by atoms with Gasteiger partial charge in [0.05, 0.1) is 21.9 Å². The van der Waals surface area contributed by atoms with E-state index < -0.39 is 39.2 Å². The number of alkyl halides is 3. The Hall–Kier alpha value is -4.03. The summed E-state index contributed by atoms with van der Waals surface area (Å²) in [6.07, 6.45) is -3.40. The number of nitro benzene ring substituents is 1. The molecule has 13 heteroatoms. The molecule has 3 aromatic rings. The molecule has 38 heavy (non-hydrogen) atoms. The molecule has 0 atom stereocenters. The minimum atomic E-state index is -4.77. The Morgan fingerprint density at radius 1 is 1.03 bits per heavy atom. The number of benzene rings is 3. The van der Waals surface area contributed by atoms with Crippen LogP contribution in [0, 0.1) is 10.1 Å². The summed E-state index contributed by atoms with van der Waals surface area (Å²) in [6.45, 7) is 0.0325. The second-order valence-electron chi connectivity index (χ2n) is 7.71. The first-order valence-electron chi connectivity index (χ1n) is 10.8. The Morgan fingerprint density at radius 2 is 1.74 bits per heavy atom. The first-order chi connectivity index (χ1) is 18.0. The Labute approximate surface area is 222 Å². The van der Waals surface area contributed by atoms with Gasteiger partial charge in [-0.2, -0.15) is 13.2 Å². The van der Waals surface area contributed by atoms with Gasteiger partial charge in [-0.15, -0.1) is 0 Å². The summed E-state index contributed by atoms with van der Waals surface area (Å²) >= 11 is 6.52. The van der Waals surface area contributed by atoms with E-state index in [2.05, 4.69) is 0 Å². The zero-order valence-corrected chi connectivity index (χ0v) is 20.7. The summed E-state index contributed by atoms with van der Waals surface area (Å²) in [5.74, 6) is -0.445. The van der Waals surface area contributed by atoms with Gasteiger partial charge in [-0.05, 0) is 60.3 Å². The van der Waals surface area contributed by atoms with Crippen molar-refractivity contribution in [3.05, 3.63) is 97.9 Å². The average molecular weight is 565 g/mol. The molecule has 0 bridgehead atoms. The van der Waals surface area contributed by atoms with Gasteiger partial charge >= 0.3 is 11.9 Å². The van der Waals surface area contributed by atoms with Gasteiger partial charge in [-0.3, -0.25) is 24.6 Å². The first kappa shape index (κ1) is 27.0. The number of nitro groups is 1. The van der Waals surface area contributed by atoms with Gasteiger partial charge in [-0.25, -0.2) is 0 Å². The number of hydrogen-bond acceptors (Lipinski definition) is 7. The molecule has 8 nitrogen and oxygen atoms in total. The number of amides is 2. The van der Waals surface area contributed by atoms with Gasteiger partial charge in [-0.1, -0.05) is 29.8 Å². The van der Waals surface area contributed by atoms with Crippen molar-refractivity contribution in [1.29, 1.82) is 0 Å². The third kappa shape index (κ3) is 6.26. The number of carbonyl (C=O) groups excluding carboxylic acids is 2. The maximum atomic E-state index is 13.0. The van der Waals surface area contributed by atoms with E-state index in [0.717, 1.165) is 11.0 Å². The van der Waals surface area contributed by atoms with E-state index in [1.54, 1.807) is 36.4 Å². The van der Waals surface area contributed by atoms with Crippen molar-refractivity contribution in [1.82, 2.24) is 4.90 Å². The van der Waals surface area contributed by atoms with Crippen molar-refractivity contribution in [2.75, 3.05) is 13.2 Å². The zero-order chi connectivity index (χ0) is 27.4. The number of halogens is 4. The van der Waals surface area contributed by atoms with Crippen molar-refractivity contribution < 1.29 is 37.2 Å². The van der Waals surface area contributed by atoms with Crippen LogP contribution < -0.4 is 9.47 Å². The van der Waals surface area contributed by atoms with Crippen LogP contribution in [0.15, 0.2) is 71.6 Å². The fourth-order valence-corrected chi connectivity index (χ4v) is 4.34. The van der Waals surface area contributed by atoms with E-state index >= 15 is 0 Å². The highest BCUT2D eigenvalue weighted by molar-refractivity contribution is 8.18. The summed E-state index contributed by atoms with van der Waals surface area (Å²) in [5, 5.41) is 11.4. The number of ether oxygens (including phenoxy) is 2. The summed E-state index contributed by atoms with van der Waals surface area (Å²) in [4.78, 5) is 36.8. The molecule has 2 amide bonds. The number of imide groups is 1. The molecule has 3 aromatic carbocycles. The molecule has 0 aromatic heterocycles. The van der Waals surface area contributed by atoms with Crippen LogP contribution in [-0.4, -0.2) is 34.1 Å². The molecule has 4 rings (SSSR count). The minimum absolute atomic E-state index is 0.0134. The normalized spacial score (nSPS) is 14.7. The highest BCUT2D eigenvalue weighted by Crippen LogP contribution is 2.40. The molecule has 1 saturated heterocycles. The molecule has 0 N–H and O–H groups in total. The largest absolute Gasteiger partial charge is 0.492 e. The van der Waals surface area contributed by atoms with E-state index in [9.17, 15) is 32.9 Å². The monoisotopic (exact) mass is 564 g/mol. The highest BCUT2D eigenvalue weighted by atomic mass is 35.5. The fourth-order valence-electron chi connectivity index (χ4n) is 3.35. The maximum absolute atomic E-state index is 13.0. The van der Waals surface area contributed by atoms with Gasteiger partial charge in [0.15, 0.2) is 0 Å². The lowest BCUT2D eigenvalue weighted by molar-refractivity contribution is -0.385. The number of carbonyl (C=O) groups is 2. The molecule has 0 unspecified atom stereocenters. The van der Waals surface area contributed by atoms with Crippen molar-refractivity contribution in [3.8, 4) is 17.2 Å². The molecule has 1 fully saturated rings. The van der Waals surface area contributed by atoms with Crippen LogP contribution in [0.2, 0.25) is 5.02 Å². The molecular weight excluding hydrogens is 549 g/mol. The van der Waals surface area contributed by atoms with Gasteiger partial charge in [0.1, 0.15) is 18.1 Å². The summed E-state index contributed by atoms with van der Waals surface area (Å²) in [6, 6.07) is 14.6. The van der Waals surface area contributed by atoms with Crippen molar-refractivity contribution in [3.63, 3.8) is 0 Å². The summed E-state index contributed by atoms with van der Waals surface area (Å²) in [7, 11) is 0. The lowest BCUT2D eigenvalue weighted by Crippen LogP contribution is -2.32. The molecule has 0 aliphatic carbocycles. The van der Waals surface area contributed by atoms with Crippen LogP contribution in [0.5, 0.6) is 17.2 Å². The van der Waals surface area contributed by atoms with Crippen LogP contribution in [0.4, 0.5) is 23.7 Å². The van der Waals surface area contributed by atoms with Crippen molar-refractivity contribution in [2.45, 2.75) is 6.18 Å². The summed E-state index contributed by atoms with van der Waals surface area (Å²) < 4.78 is 50.2. The van der Waals surface area contributed by atoms with Crippen LogP contribution >= 0.6 is 23.4 Å². The quantitative estimate of drug-likeness (QED) is 0.162. The standard InChI is InChI=1S/C25H16ClF3N2O6S/c26-17-6-8-18(9-7-17)36-12-11-30-23(32)22(38-24(30)33)13-15-3-1-2-4-20(15)37-21-10-5-16(25(27,28)29)14-19(21)31(34)35/h1-10,13-14H,11-12H2/b22-13-. The first-order valence-corrected chi connectivity index (χ1v) is 12.0. The minimum Gasteiger partial charge on any atom is -0.492 e.